The van der Waals surface area contributed by atoms with E-state index < -0.39 is 0 Å². The number of hydrogen-bond donors (Lipinski definition) is 2. The predicted octanol–water partition coefficient (Wildman–Crippen LogP) is -0.466. The molecule has 1 aliphatic rings. The highest BCUT2D eigenvalue weighted by Gasteiger charge is 2.22. The van der Waals surface area contributed by atoms with Crippen LogP contribution in [0.15, 0.2) is 29.8 Å². The molecule has 1 fully saturated rings. The smallest absolute Gasteiger partial charge is 0.225 e. The van der Waals surface area contributed by atoms with E-state index in [4.69, 9.17) is 0 Å². The second kappa shape index (κ2) is 11.1. The molecule has 0 radical (unpaired) electrons. The van der Waals surface area contributed by atoms with Crippen molar-refractivity contribution in [3.05, 3.63) is 30.6 Å². The van der Waals surface area contributed by atoms with E-state index in [-0.39, 0.29) is 5.91 Å². The molecule has 3 heterocycles. The van der Waals surface area contributed by atoms with Gasteiger partial charge in [-0.05, 0) is 6.07 Å². The molecule has 0 spiro atoms. The number of piperazine rings is 1. The van der Waals surface area contributed by atoms with E-state index in [1.165, 1.54) is 0 Å². The van der Waals surface area contributed by atoms with Crippen molar-refractivity contribution >= 4 is 17.8 Å². The van der Waals surface area contributed by atoms with Crippen molar-refractivity contribution in [2.45, 2.75) is 26.3 Å². The lowest BCUT2D eigenvalue weighted by Gasteiger charge is -2.34. The number of anilines is 1. The SMILES string of the molecule is CCc1nncn1CCNC(=NC)NCCC(=O)N1CCN(c2ncccn2)CC1. The number of amides is 1. The van der Waals surface area contributed by atoms with Crippen molar-refractivity contribution in [3.8, 4) is 0 Å². The van der Waals surface area contributed by atoms with Gasteiger partial charge in [0, 0.05) is 78.1 Å². The summed E-state index contributed by atoms with van der Waals surface area (Å²) in [6.07, 6.45) is 6.48. The fraction of sp³-hybridized carbons (Fsp3) is 0.579. The first-order valence-corrected chi connectivity index (χ1v) is 10.3. The average Bonchev–Trinajstić information content (AvgIpc) is 3.26. The summed E-state index contributed by atoms with van der Waals surface area (Å²) < 4.78 is 2.02. The number of guanidine groups is 1. The molecule has 1 saturated heterocycles. The Bertz CT molecular complexity index is 814. The van der Waals surface area contributed by atoms with Gasteiger partial charge in [0.2, 0.25) is 11.9 Å². The molecule has 11 heteroatoms. The van der Waals surface area contributed by atoms with Crippen LogP contribution < -0.4 is 15.5 Å². The van der Waals surface area contributed by atoms with Crippen molar-refractivity contribution in [3.63, 3.8) is 0 Å². The van der Waals surface area contributed by atoms with Gasteiger partial charge >= 0.3 is 0 Å². The first-order valence-electron chi connectivity index (χ1n) is 10.3. The number of hydrogen-bond acceptors (Lipinski definition) is 7. The first-order chi connectivity index (χ1) is 14.7. The van der Waals surface area contributed by atoms with Gasteiger partial charge in [-0.3, -0.25) is 9.79 Å². The zero-order chi connectivity index (χ0) is 21.2. The lowest BCUT2D eigenvalue weighted by molar-refractivity contribution is -0.131. The van der Waals surface area contributed by atoms with Gasteiger partial charge in [-0.25, -0.2) is 9.97 Å². The highest BCUT2D eigenvalue weighted by Crippen LogP contribution is 2.10. The van der Waals surface area contributed by atoms with E-state index in [0.717, 1.165) is 37.8 Å². The maximum Gasteiger partial charge on any atom is 0.225 e. The Balaban J connectivity index is 1.33. The van der Waals surface area contributed by atoms with Crippen LogP contribution in [0.2, 0.25) is 0 Å². The number of carbonyl (C=O) groups is 1. The van der Waals surface area contributed by atoms with Crippen LogP contribution in [0.1, 0.15) is 19.2 Å². The summed E-state index contributed by atoms with van der Waals surface area (Å²) in [7, 11) is 1.72. The number of nitrogens with zero attached hydrogens (tertiary/aromatic N) is 8. The fourth-order valence-electron chi connectivity index (χ4n) is 3.31. The van der Waals surface area contributed by atoms with Gasteiger partial charge in [-0.15, -0.1) is 10.2 Å². The monoisotopic (exact) mass is 414 g/mol. The Hall–Kier alpha value is -3.24. The van der Waals surface area contributed by atoms with Crippen molar-refractivity contribution in [1.29, 1.82) is 0 Å². The molecule has 1 aliphatic heterocycles. The fourth-order valence-corrected chi connectivity index (χ4v) is 3.31. The molecule has 0 unspecified atom stereocenters. The quantitative estimate of drug-likeness (QED) is 0.440. The minimum Gasteiger partial charge on any atom is -0.356 e. The first kappa shape index (κ1) is 21.5. The van der Waals surface area contributed by atoms with Crippen LogP contribution >= 0.6 is 0 Å². The Morgan fingerprint density at radius 1 is 1.13 bits per heavy atom. The molecular formula is C19H30N10O. The van der Waals surface area contributed by atoms with Crippen molar-refractivity contribution in [1.82, 2.24) is 40.3 Å². The van der Waals surface area contributed by atoms with Gasteiger partial charge in [0.15, 0.2) is 5.96 Å². The largest absolute Gasteiger partial charge is 0.356 e. The molecule has 0 bridgehead atoms. The highest BCUT2D eigenvalue weighted by molar-refractivity contribution is 5.81. The molecule has 1 amide bonds. The minimum atomic E-state index is 0.142. The van der Waals surface area contributed by atoms with Crippen LogP contribution in [0.3, 0.4) is 0 Å². The summed E-state index contributed by atoms with van der Waals surface area (Å²) >= 11 is 0. The van der Waals surface area contributed by atoms with Crippen LogP contribution in [0.4, 0.5) is 5.95 Å². The Morgan fingerprint density at radius 2 is 1.87 bits per heavy atom. The third-order valence-electron chi connectivity index (χ3n) is 4.98. The summed E-state index contributed by atoms with van der Waals surface area (Å²) in [6, 6.07) is 1.80. The third-order valence-corrected chi connectivity index (χ3v) is 4.98. The molecule has 0 atom stereocenters. The molecule has 30 heavy (non-hydrogen) atoms. The molecule has 3 rings (SSSR count). The number of rotatable bonds is 8. The van der Waals surface area contributed by atoms with E-state index >= 15 is 0 Å². The molecule has 11 nitrogen and oxygen atoms in total. The number of aryl methyl sites for hydroxylation is 1. The van der Waals surface area contributed by atoms with Gasteiger partial charge in [-0.2, -0.15) is 0 Å². The summed E-state index contributed by atoms with van der Waals surface area (Å²) in [5.74, 6) is 2.51. The molecule has 162 valence electrons. The topological polar surface area (TPSA) is 116 Å². The Labute approximate surface area is 176 Å². The number of aromatic nitrogens is 5. The van der Waals surface area contributed by atoms with Crippen LogP contribution in [0.5, 0.6) is 0 Å². The molecule has 0 saturated carbocycles. The number of carbonyl (C=O) groups excluding carboxylic acids is 1. The minimum absolute atomic E-state index is 0.142. The molecule has 2 aromatic rings. The lowest BCUT2D eigenvalue weighted by Crippen LogP contribution is -2.50. The second-order valence-electron chi connectivity index (χ2n) is 6.89. The standard InChI is InChI=1S/C19H30N10O/c1-3-16-26-25-15-29(16)10-9-22-18(20-2)21-8-5-17(30)27-11-13-28(14-12-27)19-23-6-4-7-24-19/h4,6-7,15H,3,5,8-14H2,1-2H3,(H2,20,21,22). The average molecular weight is 415 g/mol. The lowest BCUT2D eigenvalue weighted by atomic mass is 10.3. The normalized spacial score (nSPS) is 14.7. The summed E-state index contributed by atoms with van der Waals surface area (Å²) in [5.41, 5.74) is 0. The summed E-state index contributed by atoms with van der Waals surface area (Å²) in [5, 5.41) is 14.5. The van der Waals surface area contributed by atoms with Gasteiger partial charge < -0.3 is 25.0 Å². The number of aliphatic imine (C=N–C) groups is 1. The van der Waals surface area contributed by atoms with Crippen LogP contribution in [0, 0.1) is 0 Å². The zero-order valence-corrected chi connectivity index (χ0v) is 17.7. The Kier molecular flexibility index (Phi) is 7.93. The highest BCUT2D eigenvalue weighted by atomic mass is 16.2. The molecule has 0 aliphatic carbocycles. The third kappa shape index (κ3) is 5.88. The molecular weight excluding hydrogens is 384 g/mol. The second-order valence-corrected chi connectivity index (χ2v) is 6.89. The van der Waals surface area contributed by atoms with E-state index in [2.05, 4.69) is 47.6 Å². The van der Waals surface area contributed by atoms with Crippen LogP contribution in [-0.4, -0.2) is 87.8 Å². The van der Waals surface area contributed by atoms with Gasteiger partial charge in [0.25, 0.3) is 0 Å². The summed E-state index contributed by atoms with van der Waals surface area (Å²) in [4.78, 5) is 29.3. The molecule has 2 N–H and O–H groups in total. The zero-order valence-electron chi connectivity index (χ0n) is 17.7. The van der Waals surface area contributed by atoms with Crippen LogP contribution in [-0.2, 0) is 17.8 Å². The summed E-state index contributed by atoms with van der Waals surface area (Å²) in [6.45, 7) is 6.90. The van der Waals surface area contributed by atoms with E-state index in [9.17, 15) is 4.79 Å². The molecule has 2 aromatic heterocycles. The Morgan fingerprint density at radius 3 is 2.57 bits per heavy atom. The van der Waals surface area contributed by atoms with E-state index in [1.807, 2.05) is 9.47 Å². The maximum absolute atomic E-state index is 12.5. The maximum atomic E-state index is 12.5. The van der Waals surface area contributed by atoms with Gasteiger partial charge in [0.1, 0.15) is 12.2 Å². The number of nitrogens with one attached hydrogen (secondary N) is 2. The van der Waals surface area contributed by atoms with Gasteiger partial charge in [0.05, 0.1) is 0 Å². The van der Waals surface area contributed by atoms with Crippen LogP contribution in [0.25, 0.3) is 0 Å². The molecule has 0 aromatic carbocycles. The van der Waals surface area contributed by atoms with Crippen molar-refractivity contribution in [2.75, 3.05) is 51.2 Å². The van der Waals surface area contributed by atoms with Crippen molar-refractivity contribution < 1.29 is 4.79 Å². The van der Waals surface area contributed by atoms with E-state index in [0.29, 0.717) is 38.6 Å². The predicted molar refractivity (Wildman–Crippen MR) is 114 cm³/mol. The van der Waals surface area contributed by atoms with Gasteiger partial charge in [-0.1, -0.05) is 6.92 Å². The van der Waals surface area contributed by atoms with Crippen molar-refractivity contribution in [2.24, 2.45) is 4.99 Å². The van der Waals surface area contributed by atoms with E-state index in [1.54, 1.807) is 31.8 Å².